The highest BCUT2D eigenvalue weighted by atomic mass is 16.7. The predicted octanol–water partition coefficient (Wildman–Crippen LogP) is 3.02. The van der Waals surface area contributed by atoms with Gasteiger partial charge in [0.25, 0.3) is 0 Å². The summed E-state index contributed by atoms with van der Waals surface area (Å²) in [5, 5.41) is 0. The summed E-state index contributed by atoms with van der Waals surface area (Å²) >= 11 is 0. The number of nitrogens with zero attached hydrogens (tertiary/aromatic N) is 1. The van der Waals surface area contributed by atoms with Crippen molar-refractivity contribution >= 4 is 12.6 Å². The van der Waals surface area contributed by atoms with Gasteiger partial charge in [-0.25, -0.2) is 4.98 Å². The van der Waals surface area contributed by atoms with Gasteiger partial charge >= 0.3 is 7.12 Å². The Morgan fingerprint density at radius 2 is 1.64 bits per heavy atom. The van der Waals surface area contributed by atoms with Gasteiger partial charge in [0.15, 0.2) is 0 Å². The Bertz CT molecular complexity index is 608. The molecule has 3 rings (SSSR count). The van der Waals surface area contributed by atoms with Crippen LogP contribution < -0.4 is 10.2 Å². The lowest BCUT2D eigenvalue weighted by Gasteiger charge is -2.32. The molecule has 0 amide bonds. The summed E-state index contributed by atoms with van der Waals surface area (Å²) in [4.78, 5) is 4.54. The minimum atomic E-state index is -0.395. The summed E-state index contributed by atoms with van der Waals surface area (Å²) in [5.74, 6) is 0.687. The van der Waals surface area contributed by atoms with Crippen molar-refractivity contribution in [1.82, 2.24) is 4.98 Å². The molecule has 2 aliphatic rings. The first-order chi connectivity index (χ1) is 11.6. The van der Waals surface area contributed by atoms with Crippen LogP contribution in [0.1, 0.15) is 59.9 Å². The van der Waals surface area contributed by atoms with Crippen LogP contribution in [0.4, 0.5) is 0 Å². The molecule has 0 saturated carbocycles. The maximum atomic E-state index is 6.15. The van der Waals surface area contributed by atoms with Crippen molar-refractivity contribution in [2.45, 2.75) is 90.8 Å². The van der Waals surface area contributed by atoms with Gasteiger partial charge in [0.2, 0.25) is 5.88 Å². The number of aryl methyl sites for hydroxylation is 1. The van der Waals surface area contributed by atoms with E-state index in [1.807, 2.05) is 6.92 Å². The minimum Gasteiger partial charge on any atom is -0.474 e. The molecule has 6 heteroatoms. The smallest absolute Gasteiger partial charge is 0.474 e. The van der Waals surface area contributed by atoms with Crippen LogP contribution in [0.3, 0.4) is 0 Å². The molecule has 25 heavy (non-hydrogen) atoms. The summed E-state index contributed by atoms with van der Waals surface area (Å²) in [7, 11) is -0.395. The second kappa shape index (κ2) is 6.56. The van der Waals surface area contributed by atoms with E-state index in [1.54, 1.807) is 6.20 Å². The van der Waals surface area contributed by atoms with E-state index in [4.69, 9.17) is 18.8 Å². The lowest BCUT2D eigenvalue weighted by Crippen LogP contribution is -2.41. The molecule has 0 bridgehead atoms. The van der Waals surface area contributed by atoms with E-state index in [1.165, 1.54) is 0 Å². The third-order valence-electron chi connectivity index (χ3n) is 5.51. The normalized spacial score (nSPS) is 31.2. The van der Waals surface area contributed by atoms with E-state index in [-0.39, 0.29) is 29.5 Å². The van der Waals surface area contributed by atoms with Gasteiger partial charge in [0.1, 0.15) is 6.10 Å². The number of hydrogen-bond acceptors (Lipinski definition) is 5. The van der Waals surface area contributed by atoms with Gasteiger partial charge in [-0.15, -0.1) is 0 Å². The molecular formula is C19H30BNO4. The molecule has 1 unspecified atom stereocenters. The summed E-state index contributed by atoms with van der Waals surface area (Å²) in [6.07, 6.45) is 4.18. The van der Waals surface area contributed by atoms with Crippen molar-refractivity contribution in [2.75, 3.05) is 0 Å². The fourth-order valence-corrected chi connectivity index (χ4v) is 3.41. The molecule has 0 aliphatic carbocycles. The fourth-order valence-electron chi connectivity index (χ4n) is 3.41. The Morgan fingerprint density at radius 3 is 2.16 bits per heavy atom. The lowest BCUT2D eigenvalue weighted by atomic mass is 9.80. The molecule has 1 aromatic heterocycles. The van der Waals surface area contributed by atoms with Crippen LogP contribution in [0.15, 0.2) is 12.3 Å². The highest BCUT2D eigenvalue weighted by Gasteiger charge is 2.51. The molecule has 5 nitrogen and oxygen atoms in total. The van der Waals surface area contributed by atoms with Gasteiger partial charge in [0, 0.05) is 30.1 Å². The van der Waals surface area contributed by atoms with Crippen LogP contribution in [0.25, 0.3) is 0 Å². The summed E-state index contributed by atoms with van der Waals surface area (Å²) in [5.41, 5.74) is 1.22. The number of pyridine rings is 1. The molecule has 0 spiro atoms. The third kappa shape index (κ3) is 3.86. The number of hydrogen-bond donors (Lipinski definition) is 0. The zero-order chi connectivity index (χ0) is 18.4. The molecule has 3 atom stereocenters. The van der Waals surface area contributed by atoms with Crippen LogP contribution in [-0.2, 0) is 14.0 Å². The van der Waals surface area contributed by atoms with E-state index >= 15 is 0 Å². The first-order valence-corrected chi connectivity index (χ1v) is 9.22. The van der Waals surface area contributed by atoms with E-state index in [2.05, 4.69) is 52.6 Å². The van der Waals surface area contributed by atoms with Gasteiger partial charge in [-0.1, -0.05) is 6.07 Å². The molecule has 2 saturated heterocycles. The average molecular weight is 347 g/mol. The number of ether oxygens (including phenoxy) is 2. The van der Waals surface area contributed by atoms with Crippen molar-refractivity contribution in [1.29, 1.82) is 0 Å². The van der Waals surface area contributed by atoms with Crippen molar-refractivity contribution < 1.29 is 18.8 Å². The molecule has 2 fully saturated rings. The van der Waals surface area contributed by atoms with Gasteiger partial charge in [-0.3, -0.25) is 0 Å². The molecule has 3 heterocycles. The van der Waals surface area contributed by atoms with Crippen molar-refractivity contribution in [3.8, 4) is 5.88 Å². The molecule has 0 radical (unpaired) electrons. The first-order valence-electron chi connectivity index (χ1n) is 9.22. The van der Waals surface area contributed by atoms with Gasteiger partial charge in [-0.2, -0.15) is 0 Å². The number of rotatable bonds is 3. The topological polar surface area (TPSA) is 49.8 Å². The Kier molecular flexibility index (Phi) is 4.90. The van der Waals surface area contributed by atoms with Crippen LogP contribution in [0, 0.1) is 6.92 Å². The zero-order valence-electron chi connectivity index (χ0n) is 16.5. The van der Waals surface area contributed by atoms with Crippen molar-refractivity contribution in [3.05, 3.63) is 17.8 Å². The Hall–Kier alpha value is -1.11. The maximum absolute atomic E-state index is 6.15. The second-order valence-electron chi connectivity index (χ2n) is 8.45. The van der Waals surface area contributed by atoms with Gasteiger partial charge in [0.05, 0.1) is 23.4 Å². The number of aromatic nitrogens is 1. The van der Waals surface area contributed by atoms with Crippen LogP contribution >= 0.6 is 0 Å². The van der Waals surface area contributed by atoms with Gasteiger partial charge < -0.3 is 18.8 Å². The van der Waals surface area contributed by atoms with E-state index in [0.717, 1.165) is 23.9 Å². The molecule has 138 valence electrons. The molecular weight excluding hydrogens is 317 g/mol. The Balaban J connectivity index is 1.71. The quantitative estimate of drug-likeness (QED) is 0.787. The Morgan fingerprint density at radius 1 is 1.08 bits per heavy atom. The summed E-state index contributed by atoms with van der Waals surface area (Å²) in [6.45, 7) is 14.4. The van der Waals surface area contributed by atoms with Crippen molar-refractivity contribution in [3.63, 3.8) is 0 Å². The maximum Gasteiger partial charge on any atom is 0.496 e. The molecule has 2 aliphatic heterocycles. The Labute approximate surface area is 151 Å². The molecule has 0 aromatic carbocycles. The van der Waals surface area contributed by atoms with E-state index < -0.39 is 7.12 Å². The van der Waals surface area contributed by atoms with E-state index in [0.29, 0.717) is 5.88 Å². The summed E-state index contributed by atoms with van der Waals surface area (Å²) in [6, 6.07) is 2.05. The fraction of sp³-hybridized carbons (Fsp3) is 0.737. The minimum absolute atomic E-state index is 0.146. The average Bonchev–Trinajstić information content (AvgIpc) is 2.68. The van der Waals surface area contributed by atoms with E-state index in [9.17, 15) is 0 Å². The van der Waals surface area contributed by atoms with Crippen LogP contribution in [-0.4, -0.2) is 41.6 Å². The zero-order valence-corrected chi connectivity index (χ0v) is 16.5. The van der Waals surface area contributed by atoms with Gasteiger partial charge in [-0.05, 0) is 48.5 Å². The highest BCUT2D eigenvalue weighted by Crippen LogP contribution is 2.36. The van der Waals surface area contributed by atoms with Crippen molar-refractivity contribution in [2.24, 2.45) is 0 Å². The van der Waals surface area contributed by atoms with Crippen LogP contribution in [0.5, 0.6) is 5.88 Å². The summed E-state index contributed by atoms with van der Waals surface area (Å²) < 4.78 is 24.1. The monoisotopic (exact) mass is 347 g/mol. The standard InChI is InChI=1S/C19H30BNO4/c1-12-8-15(20-24-18(4,5)19(6,7)25-20)11-21-17(12)23-16-9-13(2)22-14(3)10-16/h8,11,13-14,16H,9-10H2,1-7H3/t13-,14+,16?. The molecule has 0 N–H and O–H groups in total. The third-order valence-corrected chi connectivity index (χ3v) is 5.51. The second-order valence-corrected chi connectivity index (χ2v) is 8.45. The lowest BCUT2D eigenvalue weighted by molar-refractivity contribution is -0.0731. The predicted molar refractivity (Wildman–Crippen MR) is 98.3 cm³/mol. The first kappa shape index (κ1) is 18.7. The highest BCUT2D eigenvalue weighted by molar-refractivity contribution is 6.62. The largest absolute Gasteiger partial charge is 0.496 e. The SMILES string of the molecule is Cc1cc(B2OC(C)(C)C(C)(C)O2)cnc1OC1C[C@@H](C)O[C@@H](C)C1. The molecule has 1 aromatic rings. The van der Waals surface area contributed by atoms with Crippen LogP contribution in [0.2, 0.25) is 0 Å².